The van der Waals surface area contributed by atoms with Crippen LogP contribution >= 0.6 is 0 Å². The molecule has 0 unspecified atom stereocenters. The number of nitrogens with zero attached hydrogens (tertiary/aromatic N) is 5. The second-order valence-corrected chi connectivity index (χ2v) is 14.8. The first-order valence-corrected chi connectivity index (χ1v) is 18.4. The molecule has 0 saturated carbocycles. The van der Waals surface area contributed by atoms with Crippen molar-refractivity contribution in [2.24, 2.45) is 5.10 Å². The number of carbonyl (C=O) groups is 1. The fourth-order valence-electron chi connectivity index (χ4n) is 5.17. The summed E-state index contributed by atoms with van der Waals surface area (Å²) in [5.41, 5.74) is 1.46. The maximum absolute atomic E-state index is 14.4. The first kappa shape index (κ1) is 35.1. The summed E-state index contributed by atoms with van der Waals surface area (Å²) in [6, 6.07) is 18.0. The van der Waals surface area contributed by atoms with Gasteiger partial charge in [0.25, 0.3) is 30.4 Å². The molecule has 0 radical (unpaired) electrons. The van der Waals surface area contributed by atoms with Gasteiger partial charge >= 0.3 is 6.08 Å². The van der Waals surface area contributed by atoms with Crippen molar-refractivity contribution >= 4 is 87.7 Å². The Bertz CT molecular complexity index is 2670. The van der Waals surface area contributed by atoms with E-state index in [1.807, 2.05) is 0 Å². The van der Waals surface area contributed by atoms with Gasteiger partial charge in [-0.05, 0) is 54.1 Å². The molecule has 6 rings (SSSR count). The van der Waals surface area contributed by atoms with Gasteiger partial charge in [0.05, 0.1) is 5.69 Å². The van der Waals surface area contributed by atoms with Crippen LogP contribution in [0.25, 0.3) is 16.8 Å². The molecule has 5 aromatic rings. The zero-order chi connectivity index (χ0) is 36.9. The van der Waals surface area contributed by atoms with Gasteiger partial charge in [-0.1, -0.05) is 36.4 Å². The molecule has 0 bridgehead atoms. The third kappa shape index (κ3) is 7.15. The maximum Gasteiger partial charge on any atom is 0.315 e. The number of ketones is 1. The molecule has 0 spiro atoms. The summed E-state index contributed by atoms with van der Waals surface area (Å²) < 4.78 is 118. The van der Waals surface area contributed by atoms with Gasteiger partial charge in [0.1, 0.15) is 14.7 Å². The van der Waals surface area contributed by atoms with Crippen molar-refractivity contribution in [2.45, 2.75) is 9.79 Å². The van der Waals surface area contributed by atoms with Crippen molar-refractivity contribution < 1.29 is 48.1 Å². The molecule has 1 aliphatic rings. The number of nitrogens with one attached hydrogen (secondary N) is 2. The standard InChI is InChI=1S/C30H22FN7O10S3/c1-38(18-6-3-2-4-7-18)30-34-28(31)33-29(35-30)32-17-10-11-19-16(14-17)15-24(50(43,44)45)25(26(19)39)37-36-22-13-12-20-21(27(22)51(46,47)48)8-5-9-23(20)49(40,41)42/h2-15,36H,1H3,(H,40,41,42)(H,43,44,45)(H,46,47,48)(H,32,33,34,35)/b37-25-. The van der Waals surface area contributed by atoms with Crippen LogP contribution in [-0.2, 0) is 30.4 Å². The highest BCUT2D eigenvalue weighted by atomic mass is 32.2. The third-order valence-electron chi connectivity index (χ3n) is 7.40. The number of rotatable bonds is 9. The normalized spacial score (nSPS) is 14.3. The van der Waals surface area contributed by atoms with Crippen LogP contribution in [0.1, 0.15) is 15.9 Å². The first-order valence-electron chi connectivity index (χ1n) is 14.1. The molecule has 1 heterocycles. The SMILES string of the molecule is CN(c1ccccc1)c1nc(F)nc(Nc2ccc3c(c2)C=C(S(=O)(=O)O)/C(=N/Nc2ccc4c(S(=O)(=O)O)cccc4c2S(=O)(=O)O)C3=O)n1. The molecular formula is C30H22FN7O10S3. The van der Waals surface area contributed by atoms with Crippen LogP contribution in [0.2, 0.25) is 0 Å². The van der Waals surface area contributed by atoms with Gasteiger partial charge in [-0.3, -0.25) is 23.9 Å². The second kappa shape index (κ2) is 12.9. The van der Waals surface area contributed by atoms with E-state index >= 15 is 0 Å². The van der Waals surface area contributed by atoms with E-state index in [1.54, 1.807) is 37.4 Å². The average molecular weight is 756 g/mol. The molecule has 0 atom stereocenters. The predicted octanol–water partition coefficient (Wildman–Crippen LogP) is 4.06. The number of hydrazone groups is 1. The third-order valence-corrected chi connectivity index (χ3v) is 10.1. The van der Waals surface area contributed by atoms with E-state index in [1.165, 1.54) is 23.1 Å². The zero-order valence-corrected chi connectivity index (χ0v) is 28.1. The van der Waals surface area contributed by atoms with Crippen LogP contribution in [0.4, 0.5) is 33.3 Å². The number of fused-ring (bicyclic) bond motifs is 2. The van der Waals surface area contributed by atoms with Crippen LogP contribution in [0.3, 0.4) is 0 Å². The fraction of sp³-hybridized carbons (Fsp3) is 0.0333. The van der Waals surface area contributed by atoms with Gasteiger partial charge in [-0.15, -0.1) is 0 Å². The largest absolute Gasteiger partial charge is 0.324 e. The van der Waals surface area contributed by atoms with Gasteiger partial charge in [0, 0.05) is 34.8 Å². The molecule has 0 aliphatic heterocycles. The topological polar surface area (TPSA) is 259 Å². The number of benzene rings is 4. The number of allylic oxidation sites excluding steroid dienone is 1. The summed E-state index contributed by atoms with van der Waals surface area (Å²) in [6.45, 7) is 0. The molecule has 17 nitrogen and oxygen atoms in total. The van der Waals surface area contributed by atoms with E-state index < -0.39 is 68.3 Å². The Morgan fingerprint density at radius 2 is 1.51 bits per heavy atom. The summed E-state index contributed by atoms with van der Waals surface area (Å²) in [4.78, 5) is 24.0. The zero-order valence-electron chi connectivity index (χ0n) is 25.6. The maximum atomic E-state index is 14.4. The van der Waals surface area contributed by atoms with Crippen molar-refractivity contribution in [3.05, 3.63) is 101 Å². The van der Waals surface area contributed by atoms with Gasteiger partial charge < -0.3 is 10.2 Å². The Morgan fingerprint density at radius 3 is 2.18 bits per heavy atom. The number of hydrogen-bond acceptors (Lipinski definition) is 14. The van der Waals surface area contributed by atoms with Gasteiger partial charge in [-0.25, -0.2) is 0 Å². The lowest BCUT2D eigenvalue weighted by molar-refractivity contribution is 0.106. The molecule has 4 aromatic carbocycles. The number of hydrogen-bond donors (Lipinski definition) is 5. The monoisotopic (exact) mass is 755 g/mol. The quantitative estimate of drug-likeness (QED) is 0.105. The van der Waals surface area contributed by atoms with Crippen molar-refractivity contribution in [3.8, 4) is 0 Å². The van der Waals surface area contributed by atoms with Gasteiger partial charge in [0.2, 0.25) is 17.7 Å². The van der Waals surface area contributed by atoms with Gasteiger partial charge in [0.15, 0.2) is 5.71 Å². The van der Waals surface area contributed by atoms with E-state index in [2.05, 4.69) is 30.8 Å². The van der Waals surface area contributed by atoms with Gasteiger partial charge in [-0.2, -0.15) is 49.7 Å². The molecule has 0 amide bonds. The summed E-state index contributed by atoms with van der Waals surface area (Å²) in [5, 5.41) is 5.85. The van der Waals surface area contributed by atoms with Crippen LogP contribution in [0.5, 0.6) is 0 Å². The lowest BCUT2D eigenvalue weighted by Gasteiger charge is -2.19. The smallest absolute Gasteiger partial charge is 0.315 e. The highest BCUT2D eigenvalue weighted by molar-refractivity contribution is 7.91. The van der Waals surface area contributed by atoms with Crippen molar-refractivity contribution in [2.75, 3.05) is 22.7 Å². The molecule has 262 valence electrons. The molecular weight excluding hydrogens is 734 g/mol. The molecule has 0 saturated heterocycles. The first-order chi connectivity index (χ1) is 23.9. The van der Waals surface area contributed by atoms with Crippen LogP contribution in [0.15, 0.2) is 98.7 Å². The molecule has 1 aromatic heterocycles. The number of anilines is 5. The minimum Gasteiger partial charge on any atom is -0.324 e. The Kier molecular flexibility index (Phi) is 8.87. The highest BCUT2D eigenvalue weighted by Gasteiger charge is 2.33. The molecule has 51 heavy (non-hydrogen) atoms. The van der Waals surface area contributed by atoms with Crippen molar-refractivity contribution in [1.29, 1.82) is 0 Å². The lowest BCUT2D eigenvalue weighted by atomic mass is 9.94. The van der Waals surface area contributed by atoms with E-state index in [0.29, 0.717) is 5.69 Å². The number of carbonyl (C=O) groups excluding carboxylic acids is 1. The summed E-state index contributed by atoms with van der Waals surface area (Å²) in [5.74, 6) is -1.32. The van der Waals surface area contributed by atoms with Crippen LogP contribution in [0, 0.1) is 6.08 Å². The number of para-hydroxylation sites is 1. The van der Waals surface area contributed by atoms with E-state index in [0.717, 1.165) is 36.4 Å². The Hall–Kier alpha value is -5.71. The summed E-state index contributed by atoms with van der Waals surface area (Å²) >= 11 is 0. The molecule has 0 fully saturated rings. The minimum atomic E-state index is -5.17. The summed E-state index contributed by atoms with van der Waals surface area (Å²) in [6.07, 6.45) is -0.203. The number of Topliss-reactive ketones (excluding diaryl/α,β-unsaturated/α-hetero) is 1. The van der Waals surface area contributed by atoms with E-state index in [-0.39, 0.29) is 39.5 Å². The molecule has 5 N–H and O–H groups in total. The Morgan fingerprint density at radius 1 is 0.784 bits per heavy atom. The molecule has 1 aliphatic carbocycles. The van der Waals surface area contributed by atoms with Crippen molar-refractivity contribution in [3.63, 3.8) is 0 Å². The fourth-order valence-corrected chi connectivity index (χ4v) is 7.38. The van der Waals surface area contributed by atoms with Crippen molar-refractivity contribution in [1.82, 2.24) is 15.0 Å². The Labute approximate surface area is 288 Å². The van der Waals surface area contributed by atoms with E-state index in [9.17, 15) is 48.1 Å². The second-order valence-electron chi connectivity index (χ2n) is 10.7. The number of aromatic nitrogens is 3. The Balaban J connectivity index is 1.37. The van der Waals surface area contributed by atoms with Crippen LogP contribution in [-0.4, -0.2) is 72.4 Å². The number of halogens is 1. The van der Waals surface area contributed by atoms with E-state index in [4.69, 9.17) is 0 Å². The lowest BCUT2D eigenvalue weighted by Crippen LogP contribution is -2.27. The minimum absolute atomic E-state index is 0.0326. The predicted molar refractivity (Wildman–Crippen MR) is 183 cm³/mol. The molecule has 21 heteroatoms. The average Bonchev–Trinajstić information content (AvgIpc) is 3.05. The highest BCUT2D eigenvalue weighted by Crippen LogP contribution is 2.35. The van der Waals surface area contributed by atoms with Crippen LogP contribution < -0.4 is 15.6 Å². The summed E-state index contributed by atoms with van der Waals surface area (Å²) in [7, 11) is -13.6.